The van der Waals surface area contributed by atoms with Gasteiger partial charge >= 0.3 is 6.18 Å². The second-order valence-electron chi connectivity index (χ2n) is 8.62. The number of rotatable bonds is 3. The van der Waals surface area contributed by atoms with Crippen molar-refractivity contribution in [3.63, 3.8) is 0 Å². The Morgan fingerprint density at radius 3 is 2.28 bits per heavy atom. The van der Waals surface area contributed by atoms with Crippen molar-refractivity contribution in [2.75, 3.05) is 0 Å². The van der Waals surface area contributed by atoms with Crippen LogP contribution in [0.15, 0.2) is 6.07 Å². The Morgan fingerprint density at radius 2 is 1.76 bits per heavy atom. The highest BCUT2D eigenvalue weighted by Crippen LogP contribution is 2.63. The van der Waals surface area contributed by atoms with Crippen molar-refractivity contribution < 1.29 is 18.3 Å². The van der Waals surface area contributed by atoms with Gasteiger partial charge in [0.15, 0.2) is 5.60 Å². The first-order valence-electron chi connectivity index (χ1n) is 9.60. The molecule has 1 N–H and O–H groups in total. The van der Waals surface area contributed by atoms with Gasteiger partial charge in [-0.3, -0.25) is 4.68 Å². The minimum atomic E-state index is -4.54. The summed E-state index contributed by atoms with van der Waals surface area (Å²) in [5.74, 6) is 2.22. The lowest BCUT2D eigenvalue weighted by atomic mass is 9.77. The fourth-order valence-corrected chi connectivity index (χ4v) is 5.23. The molecule has 3 aliphatic rings. The van der Waals surface area contributed by atoms with Gasteiger partial charge in [-0.1, -0.05) is 6.42 Å². The summed E-state index contributed by atoms with van der Waals surface area (Å²) in [6.45, 7) is 4.23. The van der Waals surface area contributed by atoms with Crippen molar-refractivity contribution in [2.24, 2.45) is 11.8 Å². The number of alkyl halides is 3. The zero-order valence-electron chi connectivity index (χ0n) is 14.9. The minimum absolute atomic E-state index is 0.0277. The monoisotopic (exact) mass is 356 g/mol. The highest BCUT2D eigenvalue weighted by Gasteiger charge is 2.56. The summed E-state index contributed by atoms with van der Waals surface area (Å²) >= 11 is 0. The van der Waals surface area contributed by atoms with Crippen molar-refractivity contribution in [3.05, 3.63) is 17.5 Å². The molecular weight excluding hydrogens is 329 g/mol. The number of hydrogen-bond donors (Lipinski definition) is 1. The van der Waals surface area contributed by atoms with Gasteiger partial charge in [0, 0.05) is 23.6 Å². The van der Waals surface area contributed by atoms with Crippen LogP contribution in [0, 0.1) is 11.8 Å². The van der Waals surface area contributed by atoms with Crippen LogP contribution >= 0.6 is 0 Å². The van der Waals surface area contributed by atoms with Gasteiger partial charge in [-0.25, -0.2) is 0 Å². The molecule has 0 spiro atoms. The molecule has 1 aromatic rings. The van der Waals surface area contributed by atoms with Crippen LogP contribution in [0.1, 0.15) is 88.1 Å². The summed E-state index contributed by atoms with van der Waals surface area (Å²) in [6, 6.07) is 2.42. The van der Waals surface area contributed by atoms with Crippen LogP contribution < -0.4 is 0 Å². The predicted molar refractivity (Wildman–Crippen MR) is 88.4 cm³/mol. The third-order valence-corrected chi connectivity index (χ3v) is 6.78. The Kier molecular flexibility index (Phi) is 3.98. The SMILES string of the molecule is CC(C)n1nc([C@H]2CC[C@@](O)(C(F)(F)F)CC2)cc1[C@H]1[C@@H]2CCC[C@@H]21. The van der Waals surface area contributed by atoms with Crippen molar-refractivity contribution in [1.29, 1.82) is 0 Å². The molecule has 3 fully saturated rings. The van der Waals surface area contributed by atoms with Gasteiger partial charge in [-0.05, 0) is 70.3 Å². The first-order valence-corrected chi connectivity index (χ1v) is 9.60. The fraction of sp³-hybridized carbons (Fsp3) is 0.842. The Hall–Kier alpha value is -1.04. The average Bonchev–Trinajstić information content (AvgIpc) is 2.93. The van der Waals surface area contributed by atoms with Crippen molar-refractivity contribution in [3.8, 4) is 0 Å². The molecule has 0 radical (unpaired) electrons. The van der Waals surface area contributed by atoms with Crippen LogP contribution in [0.2, 0.25) is 0 Å². The standard InChI is InChI=1S/C19H27F3N2O/c1-11(2)24-16(17-13-4-3-5-14(13)17)10-15(23-24)12-6-8-18(25,9-7-12)19(20,21)22/h10-14,17,25H,3-9H2,1-2H3/t12-,13-,14+,17+,18-. The van der Waals surface area contributed by atoms with Gasteiger partial charge in [-0.2, -0.15) is 18.3 Å². The van der Waals surface area contributed by atoms with E-state index in [1.165, 1.54) is 25.0 Å². The van der Waals surface area contributed by atoms with Crippen LogP contribution in [0.5, 0.6) is 0 Å². The Bertz CT molecular complexity index is 634. The van der Waals surface area contributed by atoms with Gasteiger partial charge < -0.3 is 5.11 Å². The van der Waals surface area contributed by atoms with Crippen LogP contribution in [-0.2, 0) is 0 Å². The molecule has 140 valence electrons. The lowest BCUT2D eigenvalue weighted by Crippen LogP contribution is -2.47. The molecular formula is C19H27F3N2O. The number of aromatic nitrogens is 2. The highest BCUT2D eigenvalue weighted by molar-refractivity contribution is 5.28. The molecule has 0 bridgehead atoms. The molecule has 3 nitrogen and oxygen atoms in total. The first-order chi connectivity index (χ1) is 11.7. The Labute approximate surface area is 146 Å². The topological polar surface area (TPSA) is 38.0 Å². The number of nitrogens with zero attached hydrogens (tertiary/aromatic N) is 2. The van der Waals surface area contributed by atoms with E-state index in [0.29, 0.717) is 18.8 Å². The summed E-state index contributed by atoms with van der Waals surface area (Å²) in [6.07, 6.45) is -0.353. The van der Waals surface area contributed by atoms with Gasteiger partial charge in [0.05, 0.1) is 5.69 Å². The molecule has 3 saturated carbocycles. The zero-order valence-corrected chi connectivity index (χ0v) is 14.9. The quantitative estimate of drug-likeness (QED) is 0.834. The van der Waals surface area contributed by atoms with Gasteiger partial charge in [0.25, 0.3) is 0 Å². The average molecular weight is 356 g/mol. The molecule has 1 aromatic heterocycles. The summed E-state index contributed by atoms with van der Waals surface area (Å²) in [4.78, 5) is 0. The maximum Gasteiger partial charge on any atom is 0.417 e. The number of halogens is 3. The van der Waals surface area contributed by atoms with E-state index in [1.807, 2.05) is 0 Å². The van der Waals surface area contributed by atoms with Crippen molar-refractivity contribution in [2.45, 2.75) is 88.4 Å². The van der Waals surface area contributed by atoms with Gasteiger partial charge in [0.1, 0.15) is 0 Å². The number of fused-ring (bicyclic) bond motifs is 1. The molecule has 6 heteroatoms. The highest BCUT2D eigenvalue weighted by atomic mass is 19.4. The lowest BCUT2D eigenvalue weighted by molar-refractivity contribution is -0.270. The molecule has 4 rings (SSSR count). The van der Waals surface area contributed by atoms with E-state index in [1.54, 1.807) is 0 Å². The molecule has 25 heavy (non-hydrogen) atoms. The van der Waals surface area contributed by atoms with Gasteiger partial charge in [-0.15, -0.1) is 0 Å². The third-order valence-electron chi connectivity index (χ3n) is 6.78. The van der Waals surface area contributed by atoms with Crippen LogP contribution in [-0.4, -0.2) is 26.7 Å². The van der Waals surface area contributed by atoms with E-state index in [9.17, 15) is 18.3 Å². The van der Waals surface area contributed by atoms with E-state index < -0.39 is 11.8 Å². The normalized spacial score (nSPS) is 38.2. The molecule has 3 atom stereocenters. The maximum atomic E-state index is 13.0. The van der Waals surface area contributed by atoms with E-state index in [2.05, 4.69) is 24.6 Å². The second kappa shape index (κ2) is 5.73. The van der Waals surface area contributed by atoms with Crippen molar-refractivity contribution in [1.82, 2.24) is 9.78 Å². The zero-order chi connectivity index (χ0) is 18.0. The summed E-state index contributed by atoms with van der Waals surface area (Å²) < 4.78 is 41.1. The second-order valence-corrected chi connectivity index (χ2v) is 8.62. The summed E-state index contributed by atoms with van der Waals surface area (Å²) in [7, 11) is 0. The van der Waals surface area contributed by atoms with Crippen LogP contribution in [0.25, 0.3) is 0 Å². The molecule has 1 heterocycles. The largest absolute Gasteiger partial charge is 0.417 e. The van der Waals surface area contributed by atoms with E-state index in [0.717, 1.165) is 17.5 Å². The number of hydrogen-bond acceptors (Lipinski definition) is 2. The molecule has 0 amide bonds. The van der Waals surface area contributed by atoms with Crippen LogP contribution in [0.3, 0.4) is 0 Å². The third kappa shape index (κ3) is 2.81. The minimum Gasteiger partial charge on any atom is -0.380 e. The smallest absolute Gasteiger partial charge is 0.380 e. The Morgan fingerprint density at radius 1 is 1.16 bits per heavy atom. The first kappa shape index (κ1) is 17.4. The van der Waals surface area contributed by atoms with Crippen LogP contribution in [0.4, 0.5) is 13.2 Å². The molecule has 0 saturated heterocycles. The molecule has 0 aliphatic heterocycles. The molecule has 3 aliphatic carbocycles. The van der Waals surface area contributed by atoms with E-state index >= 15 is 0 Å². The van der Waals surface area contributed by atoms with E-state index in [4.69, 9.17) is 5.10 Å². The number of aliphatic hydroxyl groups is 1. The summed E-state index contributed by atoms with van der Waals surface area (Å²) in [5.41, 5.74) is -0.297. The fourth-order valence-electron chi connectivity index (χ4n) is 5.23. The lowest BCUT2D eigenvalue weighted by Gasteiger charge is -2.36. The summed E-state index contributed by atoms with van der Waals surface area (Å²) in [5, 5.41) is 14.7. The predicted octanol–water partition coefficient (Wildman–Crippen LogP) is 4.93. The molecule has 0 unspecified atom stereocenters. The van der Waals surface area contributed by atoms with E-state index in [-0.39, 0.29) is 24.8 Å². The maximum absolute atomic E-state index is 13.0. The molecule has 0 aromatic carbocycles. The van der Waals surface area contributed by atoms with Gasteiger partial charge in [0.2, 0.25) is 0 Å². The Balaban J connectivity index is 1.52. The van der Waals surface area contributed by atoms with Crippen molar-refractivity contribution >= 4 is 0 Å².